The molecule has 0 aromatic carbocycles. The topological polar surface area (TPSA) is 89.5 Å². The summed E-state index contributed by atoms with van der Waals surface area (Å²) in [4.78, 5) is 22.6. The van der Waals surface area contributed by atoms with Crippen LogP contribution < -0.4 is 0 Å². The fourth-order valence-corrected chi connectivity index (χ4v) is 3.19. The molecule has 29 heavy (non-hydrogen) atoms. The second-order valence-electron chi connectivity index (χ2n) is 7.54. The fraction of sp³-hybridized carbons (Fsp3) is 0.905. The first-order valence-electron chi connectivity index (χ1n) is 10.6. The average Bonchev–Trinajstić information content (AvgIpc) is 2.72. The lowest BCUT2D eigenvalue weighted by atomic mass is 9.80. The van der Waals surface area contributed by atoms with Crippen molar-refractivity contribution in [3.63, 3.8) is 0 Å². The van der Waals surface area contributed by atoms with Crippen molar-refractivity contribution in [3.05, 3.63) is 0 Å². The highest BCUT2D eigenvalue weighted by Gasteiger charge is 2.32. The Morgan fingerprint density at radius 2 is 1.59 bits per heavy atom. The lowest BCUT2D eigenvalue weighted by Gasteiger charge is -2.28. The van der Waals surface area contributed by atoms with E-state index in [1.54, 1.807) is 0 Å². The minimum atomic E-state index is -0.225. The first kappa shape index (κ1) is 25.8. The van der Waals surface area contributed by atoms with Gasteiger partial charge in [0.1, 0.15) is 6.61 Å². The van der Waals surface area contributed by atoms with Crippen LogP contribution in [-0.4, -0.2) is 77.5 Å². The summed E-state index contributed by atoms with van der Waals surface area (Å²) in [6, 6.07) is 0. The maximum atomic E-state index is 12.2. The van der Waals surface area contributed by atoms with E-state index in [2.05, 4.69) is 0 Å². The van der Waals surface area contributed by atoms with Crippen molar-refractivity contribution >= 4 is 12.4 Å². The van der Waals surface area contributed by atoms with Crippen LogP contribution in [0.25, 0.3) is 0 Å². The molecule has 0 aromatic rings. The van der Waals surface area contributed by atoms with Crippen molar-refractivity contribution in [1.29, 1.82) is 0 Å². The smallest absolute Gasteiger partial charge is 0.309 e. The van der Waals surface area contributed by atoms with Crippen LogP contribution in [0, 0.1) is 11.8 Å². The first-order chi connectivity index (χ1) is 14.0. The van der Waals surface area contributed by atoms with Crippen LogP contribution in [0.1, 0.15) is 46.5 Å². The summed E-state index contributed by atoms with van der Waals surface area (Å²) >= 11 is 0. The number of rotatable bonds is 17. The third kappa shape index (κ3) is 12.8. The minimum absolute atomic E-state index is 0.0423. The van der Waals surface area contributed by atoms with Crippen molar-refractivity contribution in [2.45, 2.75) is 58.7 Å². The standard InChI is InChI=1S/C21H38O8/c1-17(2)29-14-18(3)27-12-10-24-8-9-25-11-13-28-21(23)20-7-5-4-6-19(20)15-26-16-22/h16-20H,4-15H2,1-3H3. The zero-order valence-electron chi connectivity index (χ0n) is 18.1. The monoisotopic (exact) mass is 418 g/mol. The van der Waals surface area contributed by atoms with Gasteiger partial charge in [-0.3, -0.25) is 9.59 Å². The molecule has 3 atom stereocenters. The van der Waals surface area contributed by atoms with Crippen molar-refractivity contribution in [3.8, 4) is 0 Å². The maximum absolute atomic E-state index is 12.2. The molecule has 0 aliphatic heterocycles. The number of carbonyl (C=O) groups excluding carboxylic acids is 2. The van der Waals surface area contributed by atoms with E-state index >= 15 is 0 Å². The predicted octanol–water partition coefficient (Wildman–Crippen LogP) is 2.37. The van der Waals surface area contributed by atoms with Crippen LogP contribution in [0.5, 0.6) is 0 Å². The van der Waals surface area contributed by atoms with Crippen LogP contribution >= 0.6 is 0 Å². The van der Waals surface area contributed by atoms with E-state index in [4.69, 9.17) is 28.4 Å². The van der Waals surface area contributed by atoms with Crippen LogP contribution in [0.4, 0.5) is 0 Å². The van der Waals surface area contributed by atoms with E-state index < -0.39 is 0 Å². The Morgan fingerprint density at radius 1 is 0.931 bits per heavy atom. The molecule has 0 saturated heterocycles. The van der Waals surface area contributed by atoms with E-state index in [-0.39, 0.29) is 43.2 Å². The zero-order chi connectivity index (χ0) is 21.3. The van der Waals surface area contributed by atoms with Gasteiger partial charge in [0.05, 0.1) is 64.4 Å². The van der Waals surface area contributed by atoms with Crippen molar-refractivity contribution in [1.82, 2.24) is 0 Å². The van der Waals surface area contributed by atoms with E-state index in [1.165, 1.54) is 0 Å². The molecule has 0 bridgehead atoms. The molecule has 1 rings (SSSR count). The molecule has 0 spiro atoms. The number of ether oxygens (including phenoxy) is 6. The molecule has 170 valence electrons. The maximum Gasteiger partial charge on any atom is 0.309 e. The summed E-state index contributed by atoms with van der Waals surface area (Å²) in [6.07, 6.45) is 3.96. The van der Waals surface area contributed by atoms with Crippen LogP contribution in [0.3, 0.4) is 0 Å². The predicted molar refractivity (Wildman–Crippen MR) is 107 cm³/mol. The van der Waals surface area contributed by atoms with Gasteiger partial charge in [0.2, 0.25) is 0 Å². The summed E-state index contributed by atoms with van der Waals surface area (Å²) in [5.74, 6) is -0.366. The molecule has 1 fully saturated rings. The highest BCUT2D eigenvalue weighted by atomic mass is 16.6. The SMILES string of the molecule is CC(C)OCC(C)OCCOCCOCCOC(=O)C1CCCCC1COC=O. The molecular formula is C21H38O8. The average molecular weight is 419 g/mol. The van der Waals surface area contributed by atoms with Crippen LogP contribution in [-0.2, 0) is 38.0 Å². The van der Waals surface area contributed by atoms with E-state index in [0.717, 1.165) is 25.7 Å². The van der Waals surface area contributed by atoms with Gasteiger partial charge in [-0.25, -0.2) is 0 Å². The van der Waals surface area contributed by atoms with Gasteiger partial charge in [-0.15, -0.1) is 0 Å². The number of hydrogen-bond donors (Lipinski definition) is 0. The zero-order valence-corrected chi connectivity index (χ0v) is 18.1. The van der Waals surface area contributed by atoms with Gasteiger partial charge in [0, 0.05) is 5.92 Å². The lowest BCUT2D eigenvalue weighted by molar-refractivity contribution is -0.155. The van der Waals surface area contributed by atoms with E-state index in [0.29, 0.717) is 46.1 Å². The molecule has 0 aromatic heterocycles. The second-order valence-corrected chi connectivity index (χ2v) is 7.54. The number of esters is 1. The Bertz CT molecular complexity index is 429. The van der Waals surface area contributed by atoms with Crippen molar-refractivity contribution in [2.75, 3.05) is 52.9 Å². The molecule has 0 amide bonds. The number of hydrogen-bond acceptors (Lipinski definition) is 8. The highest BCUT2D eigenvalue weighted by Crippen LogP contribution is 2.31. The molecule has 3 unspecified atom stereocenters. The fourth-order valence-electron chi connectivity index (χ4n) is 3.19. The molecule has 1 aliphatic carbocycles. The Morgan fingerprint density at radius 3 is 2.28 bits per heavy atom. The largest absolute Gasteiger partial charge is 0.468 e. The van der Waals surface area contributed by atoms with Gasteiger partial charge in [0.15, 0.2) is 0 Å². The summed E-state index contributed by atoms with van der Waals surface area (Å²) in [5, 5.41) is 0. The molecule has 1 saturated carbocycles. The van der Waals surface area contributed by atoms with Crippen LogP contribution in [0.2, 0.25) is 0 Å². The summed E-state index contributed by atoms with van der Waals surface area (Å²) in [6.45, 7) is 9.69. The normalized spacial score (nSPS) is 20.4. The molecular weight excluding hydrogens is 380 g/mol. The van der Waals surface area contributed by atoms with Gasteiger partial charge < -0.3 is 28.4 Å². The van der Waals surface area contributed by atoms with Gasteiger partial charge >= 0.3 is 5.97 Å². The summed E-state index contributed by atoms with van der Waals surface area (Å²) in [7, 11) is 0. The van der Waals surface area contributed by atoms with Gasteiger partial charge in [-0.2, -0.15) is 0 Å². The highest BCUT2D eigenvalue weighted by molar-refractivity contribution is 5.73. The molecule has 8 heteroatoms. The van der Waals surface area contributed by atoms with Gasteiger partial charge in [-0.1, -0.05) is 12.8 Å². The third-order valence-electron chi connectivity index (χ3n) is 4.73. The van der Waals surface area contributed by atoms with Crippen molar-refractivity contribution < 1.29 is 38.0 Å². The first-order valence-corrected chi connectivity index (χ1v) is 10.6. The van der Waals surface area contributed by atoms with Crippen LogP contribution in [0.15, 0.2) is 0 Å². The van der Waals surface area contributed by atoms with E-state index in [9.17, 15) is 9.59 Å². The van der Waals surface area contributed by atoms with E-state index in [1.807, 2.05) is 20.8 Å². The van der Waals surface area contributed by atoms with Gasteiger partial charge in [-0.05, 0) is 33.6 Å². The molecule has 0 radical (unpaired) electrons. The molecule has 0 N–H and O–H groups in total. The minimum Gasteiger partial charge on any atom is -0.468 e. The Balaban J connectivity index is 1.97. The Labute approximate surface area is 174 Å². The third-order valence-corrected chi connectivity index (χ3v) is 4.73. The van der Waals surface area contributed by atoms with Crippen molar-refractivity contribution in [2.24, 2.45) is 11.8 Å². The van der Waals surface area contributed by atoms with Gasteiger partial charge in [0.25, 0.3) is 6.47 Å². The molecule has 1 aliphatic rings. The molecule has 8 nitrogen and oxygen atoms in total. The second kappa shape index (κ2) is 16.6. The summed E-state index contributed by atoms with van der Waals surface area (Å²) in [5.41, 5.74) is 0. The molecule has 0 heterocycles. The Hall–Kier alpha value is -1.22. The Kier molecular flexibility index (Phi) is 14.7. The summed E-state index contributed by atoms with van der Waals surface area (Å²) < 4.78 is 32.1. The quantitative estimate of drug-likeness (QED) is 0.202. The lowest BCUT2D eigenvalue weighted by Crippen LogP contribution is -2.32. The number of carbonyl (C=O) groups is 2.